The van der Waals surface area contributed by atoms with Crippen LogP contribution < -0.4 is 5.32 Å². The number of nitrogens with one attached hydrogen (secondary N) is 1. The van der Waals surface area contributed by atoms with Crippen LogP contribution in [0.15, 0.2) is 24.3 Å². The Morgan fingerprint density at radius 2 is 2.06 bits per heavy atom. The molecule has 1 aromatic heterocycles. The van der Waals surface area contributed by atoms with Gasteiger partial charge in [-0.1, -0.05) is 0 Å². The maximum atomic E-state index is 9.44. The zero-order chi connectivity index (χ0) is 11.5. The van der Waals surface area contributed by atoms with Gasteiger partial charge >= 0.3 is 0 Å². The fourth-order valence-corrected chi connectivity index (χ4v) is 1.68. The number of halogens is 1. The molecule has 5 heteroatoms. The summed E-state index contributed by atoms with van der Waals surface area (Å²) in [6.07, 6.45) is 0. The molecule has 0 fully saturated rings. The van der Waals surface area contributed by atoms with Gasteiger partial charge in [-0.05, 0) is 31.2 Å². The number of fused-ring (bicyclic) bond motifs is 1. The van der Waals surface area contributed by atoms with Crippen LogP contribution in [-0.4, -0.2) is 28.3 Å². The van der Waals surface area contributed by atoms with Gasteiger partial charge in [0, 0.05) is 23.3 Å². The first-order chi connectivity index (χ1) is 7.70. The second kappa shape index (κ2) is 5.70. The van der Waals surface area contributed by atoms with Crippen LogP contribution in [0.3, 0.4) is 0 Å². The molecule has 0 aliphatic rings. The average molecular weight is 255 g/mol. The van der Waals surface area contributed by atoms with Crippen LogP contribution in [0, 0.1) is 6.92 Å². The summed E-state index contributed by atoms with van der Waals surface area (Å²) in [4.78, 5) is 4.37. The molecule has 3 N–H and O–H groups in total. The zero-order valence-electron chi connectivity index (χ0n) is 9.47. The zero-order valence-corrected chi connectivity index (χ0v) is 10.3. The lowest BCUT2D eigenvalue weighted by Crippen LogP contribution is -2.06. The topological polar surface area (TPSA) is 65.4 Å². The van der Waals surface area contributed by atoms with Crippen LogP contribution in [0.25, 0.3) is 10.9 Å². The number of benzene rings is 1. The molecule has 17 heavy (non-hydrogen) atoms. The number of nitrogens with zero attached hydrogens (tertiary/aromatic N) is 1. The van der Waals surface area contributed by atoms with E-state index in [0.717, 1.165) is 22.3 Å². The average Bonchev–Trinajstić information content (AvgIpc) is 2.26. The lowest BCUT2D eigenvalue weighted by atomic mass is 10.1. The molecule has 1 aromatic carbocycles. The van der Waals surface area contributed by atoms with Gasteiger partial charge in [-0.2, -0.15) is 0 Å². The highest BCUT2D eigenvalue weighted by Crippen LogP contribution is 2.26. The fourth-order valence-electron chi connectivity index (χ4n) is 1.68. The Balaban J connectivity index is 0.00000144. The van der Waals surface area contributed by atoms with E-state index in [2.05, 4.69) is 10.3 Å². The summed E-state index contributed by atoms with van der Waals surface area (Å²) in [6, 6.07) is 6.96. The quantitative estimate of drug-likeness (QED) is 0.785. The molecule has 0 atom stereocenters. The van der Waals surface area contributed by atoms with Crippen LogP contribution in [0.1, 0.15) is 5.69 Å². The van der Waals surface area contributed by atoms with Crippen molar-refractivity contribution in [1.29, 1.82) is 0 Å². The summed E-state index contributed by atoms with van der Waals surface area (Å²) in [5.41, 5.74) is 2.62. The maximum Gasteiger partial charge on any atom is 0.116 e. The van der Waals surface area contributed by atoms with Gasteiger partial charge in [0.1, 0.15) is 5.75 Å². The molecule has 0 saturated heterocycles. The van der Waals surface area contributed by atoms with E-state index in [4.69, 9.17) is 5.11 Å². The van der Waals surface area contributed by atoms with Gasteiger partial charge in [0.25, 0.3) is 0 Å². The first kappa shape index (κ1) is 13.5. The highest BCUT2D eigenvalue weighted by atomic mass is 35.5. The van der Waals surface area contributed by atoms with Crippen molar-refractivity contribution in [2.45, 2.75) is 6.92 Å². The van der Waals surface area contributed by atoms with Crippen LogP contribution in [0.5, 0.6) is 5.75 Å². The van der Waals surface area contributed by atoms with Crippen molar-refractivity contribution in [2.75, 3.05) is 18.5 Å². The van der Waals surface area contributed by atoms with Crippen molar-refractivity contribution in [2.24, 2.45) is 0 Å². The fraction of sp³-hybridized carbons (Fsp3) is 0.250. The molecule has 2 aromatic rings. The largest absolute Gasteiger partial charge is 0.508 e. The number of aliphatic hydroxyl groups is 1. The smallest absolute Gasteiger partial charge is 0.116 e. The molecule has 0 spiro atoms. The minimum Gasteiger partial charge on any atom is -0.508 e. The molecule has 4 nitrogen and oxygen atoms in total. The number of rotatable bonds is 3. The molecule has 0 bridgehead atoms. The van der Waals surface area contributed by atoms with Crippen LogP contribution in [0.2, 0.25) is 0 Å². The summed E-state index contributed by atoms with van der Waals surface area (Å²) < 4.78 is 0. The summed E-state index contributed by atoms with van der Waals surface area (Å²) in [5, 5.41) is 22.2. The van der Waals surface area contributed by atoms with Crippen molar-refractivity contribution in [3.63, 3.8) is 0 Å². The van der Waals surface area contributed by atoms with E-state index in [1.807, 2.05) is 13.0 Å². The number of pyridine rings is 1. The van der Waals surface area contributed by atoms with E-state index in [9.17, 15) is 5.11 Å². The Kier molecular flexibility index (Phi) is 4.54. The standard InChI is InChI=1S/C12H14N2O2.ClH/c1-8-6-12(13-4-5-15)10-7-9(16)2-3-11(10)14-8;/h2-3,6-7,15-16H,4-5H2,1H3,(H,13,14);1H. The summed E-state index contributed by atoms with van der Waals surface area (Å²) in [5.74, 6) is 0.213. The number of aromatic hydroxyl groups is 1. The van der Waals surface area contributed by atoms with Gasteiger partial charge in [-0.25, -0.2) is 0 Å². The summed E-state index contributed by atoms with van der Waals surface area (Å²) in [7, 11) is 0. The molecule has 0 aliphatic carbocycles. The third-order valence-electron chi connectivity index (χ3n) is 2.35. The van der Waals surface area contributed by atoms with Gasteiger partial charge in [0.15, 0.2) is 0 Å². The first-order valence-electron chi connectivity index (χ1n) is 5.16. The predicted octanol–water partition coefficient (Wildman–Crippen LogP) is 2.07. The minimum atomic E-state index is 0. The van der Waals surface area contributed by atoms with E-state index in [-0.39, 0.29) is 24.8 Å². The van der Waals surface area contributed by atoms with Crippen molar-refractivity contribution < 1.29 is 10.2 Å². The van der Waals surface area contributed by atoms with Gasteiger partial charge < -0.3 is 15.5 Å². The number of aryl methyl sites for hydroxylation is 1. The first-order valence-corrected chi connectivity index (χ1v) is 5.16. The van der Waals surface area contributed by atoms with Gasteiger partial charge in [-0.3, -0.25) is 4.98 Å². The van der Waals surface area contributed by atoms with Gasteiger partial charge in [-0.15, -0.1) is 12.4 Å². The van der Waals surface area contributed by atoms with Crippen LogP contribution in [0.4, 0.5) is 5.69 Å². The van der Waals surface area contributed by atoms with E-state index in [1.54, 1.807) is 18.2 Å². The van der Waals surface area contributed by atoms with Gasteiger partial charge in [0.05, 0.1) is 12.1 Å². The third-order valence-corrected chi connectivity index (χ3v) is 2.35. The number of hydrogen-bond donors (Lipinski definition) is 3. The molecule has 1 heterocycles. The second-order valence-corrected chi connectivity index (χ2v) is 3.66. The van der Waals surface area contributed by atoms with E-state index in [0.29, 0.717) is 6.54 Å². The summed E-state index contributed by atoms with van der Waals surface area (Å²) in [6.45, 7) is 2.46. The SMILES string of the molecule is Cc1cc(NCCO)c2cc(O)ccc2n1.Cl. The molecule has 0 aliphatic heterocycles. The molecule has 0 radical (unpaired) electrons. The molecule has 0 saturated carbocycles. The highest BCUT2D eigenvalue weighted by molar-refractivity contribution is 5.92. The normalized spacial score (nSPS) is 10.0. The van der Waals surface area contributed by atoms with Gasteiger partial charge in [0.2, 0.25) is 0 Å². The lowest BCUT2D eigenvalue weighted by molar-refractivity contribution is 0.311. The Morgan fingerprint density at radius 1 is 1.29 bits per heavy atom. The second-order valence-electron chi connectivity index (χ2n) is 3.66. The lowest BCUT2D eigenvalue weighted by Gasteiger charge is -2.09. The number of aliphatic hydroxyl groups excluding tert-OH is 1. The highest BCUT2D eigenvalue weighted by Gasteiger charge is 2.04. The third kappa shape index (κ3) is 2.99. The maximum absolute atomic E-state index is 9.44. The van der Waals surface area contributed by atoms with Crippen LogP contribution in [-0.2, 0) is 0 Å². The summed E-state index contributed by atoms with van der Waals surface area (Å²) >= 11 is 0. The number of anilines is 1. The van der Waals surface area contributed by atoms with Crippen LogP contribution >= 0.6 is 12.4 Å². The monoisotopic (exact) mass is 254 g/mol. The van der Waals surface area contributed by atoms with Crippen molar-refractivity contribution >= 4 is 29.0 Å². The van der Waals surface area contributed by atoms with E-state index < -0.39 is 0 Å². The number of aromatic nitrogens is 1. The number of hydrogen-bond acceptors (Lipinski definition) is 4. The van der Waals surface area contributed by atoms with E-state index >= 15 is 0 Å². The number of phenols is 1. The number of phenolic OH excluding ortho intramolecular Hbond substituents is 1. The molecule has 2 rings (SSSR count). The van der Waals surface area contributed by atoms with Crippen molar-refractivity contribution in [1.82, 2.24) is 4.98 Å². The Morgan fingerprint density at radius 3 is 2.76 bits per heavy atom. The van der Waals surface area contributed by atoms with Crippen molar-refractivity contribution in [3.8, 4) is 5.75 Å². The van der Waals surface area contributed by atoms with Crippen molar-refractivity contribution in [3.05, 3.63) is 30.0 Å². The Bertz CT molecular complexity index is 517. The van der Waals surface area contributed by atoms with E-state index in [1.165, 1.54) is 0 Å². The predicted molar refractivity (Wildman–Crippen MR) is 71.0 cm³/mol. The molecular weight excluding hydrogens is 240 g/mol. The molecular formula is C12H15ClN2O2. The Hall–Kier alpha value is -1.52. The molecule has 0 amide bonds. The minimum absolute atomic E-state index is 0. The molecule has 0 unspecified atom stereocenters. The molecule has 92 valence electrons. The Labute approximate surface area is 106 Å².